The summed E-state index contributed by atoms with van der Waals surface area (Å²) in [5, 5.41) is 0.575. The predicted molar refractivity (Wildman–Crippen MR) is 145 cm³/mol. The van der Waals surface area contributed by atoms with E-state index in [1.165, 1.54) is 32.7 Å². The lowest BCUT2D eigenvalue weighted by atomic mass is 10.0. The molecule has 0 atom stereocenters. The minimum atomic E-state index is -4.59. The molecule has 0 unspecified atom stereocenters. The highest BCUT2D eigenvalue weighted by Crippen LogP contribution is 2.39. The van der Waals surface area contributed by atoms with Crippen LogP contribution in [0.4, 0.5) is 29.3 Å². The number of fused-ring (bicyclic) bond motifs is 1. The zero-order chi connectivity index (χ0) is 29.5. The lowest BCUT2D eigenvalue weighted by Gasteiger charge is -2.21. The van der Waals surface area contributed by atoms with Crippen LogP contribution in [0.3, 0.4) is 0 Å². The summed E-state index contributed by atoms with van der Waals surface area (Å²) in [6.45, 7) is 3.44. The Morgan fingerprint density at radius 1 is 0.878 bits per heavy atom. The largest absolute Gasteiger partial charge is 0.493 e. The maximum Gasteiger partial charge on any atom is 0.416 e. The maximum atomic E-state index is 13.3. The molecule has 41 heavy (non-hydrogen) atoms. The third-order valence-electron chi connectivity index (χ3n) is 6.63. The fourth-order valence-corrected chi connectivity index (χ4v) is 4.57. The normalized spacial score (nSPS) is 13.9. The van der Waals surface area contributed by atoms with Crippen LogP contribution in [0.1, 0.15) is 30.9 Å². The molecule has 0 N–H and O–H groups in total. The molecule has 9 nitrogen and oxygen atoms in total. The van der Waals surface area contributed by atoms with Crippen LogP contribution in [0.5, 0.6) is 23.1 Å². The zero-order valence-corrected chi connectivity index (χ0v) is 22.5. The van der Waals surface area contributed by atoms with Crippen LogP contribution in [0.15, 0.2) is 60.9 Å². The number of hydrogen-bond donors (Lipinski definition) is 0. The van der Waals surface area contributed by atoms with Gasteiger partial charge in [-0.3, -0.25) is 9.69 Å². The van der Waals surface area contributed by atoms with E-state index in [0.717, 1.165) is 21.9 Å². The quantitative estimate of drug-likeness (QED) is 0.234. The smallest absolute Gasteiger partial charge is 0.416 e. The molecule has 1 fully saturated rings. The minimum absolute atomic E-state index is 0.0209. The molecule has 5 rings (SSSR count). The van der Waals surface area contributed by atoms with Crippen LogP contribution >= 0.6 is 0 Å². The van der Waals surface area contributed by atoms with Crippen LogP contribution < -0.4 is 24.0 Å². The van der Waals surface area contributed by atoms with Gasteiger partial charge in [-0.25, -0.2) is 19.7 Å². The third-order valence-corrected chi connectivity index (χ3v) is 6.63. The molecule has 1 saturated heterocycles. The van der Waals surface area contributed by atoms with Crippen molar-refractivity contribution in [3.63, 3.8) is 0 Å². The van der Waals surface area contributed by atoms with Crippen molar-refractivity contribution in [2.24, 2.45) is 0 Å². The Kier molecular flexibility index (Phi) is 7.16. The van der Waals surface area contributed by atoms with Crippen LogP contribution in [0, 0.1) is 0 Å². The zero-order valence-electron chi connectivity index (χ0n) is 22.5. The predicted octanol–water partition coefficient (Wildman–Crippen LogP) is 6.55. The molecule has 1 aromatic heterocycles. The van der Waals surface area contributed by atoms with Crippen molar-refractivity contribution in [1.29, 1.82) is 0 Å². The average molecular weight is 567 g/mol. The summed E-state index contributed by atoms with van der Waals surface area (Å²) in [5.74, 6) is 0.993. The topological polar surface area (TPSA) is 94.1 Å². The van der Waals surface area contributed by atoms with Crippen LogP contribution in [0.25, 0.3) is 10.9 Å². The van der Waals surface area contributed by atoms with Crippen molar-refractivity contribution in [2.75, 3.05) is 30.6 Å². The van der Waals surface area contributed by atoms with Crippen molar-refractivity contribution in [1.82, 2.24) is 9.97 Å². The van der Waals surface area contributed by atoms with Gasteiger partial charge in [-0.2, -0.15) is 13.2 Å². The van der Waals surface area contributed by atoms with Gasteiger partial charge >= 0.3 is 12.2 Å². The van der Waals surface area contributed by atoms with Crippen molar-refractivity contribution in [3.8, 4) is 23.1 Å². The number of carbonyl (C=O) groups excluding carboxylic acids is 2. The molecule has 2 heterocycles. The minimum Gasteiger partial charge on any atom is -0.493 e. The highest BCUT2D eigenvalue weighted by atomic mass is 19.4. The van der Waals surface area contributed by atoms with E-state index in [1.54, 1.807) is 30.3 Å². The van der Waals surface area contributed by atoms with Crippen molar-refractivity contribution in [2.45, 2.75) is 25.9 Å². The summed E-state index contributed by atoms with van der Waals surface area (Å²) in [7, 11) is 3.03. The first kappa shape index (κ1) is 27.7. The lowest BCUT2D eigenvalue weighted by Crippen LogP contribution is -2.33. The molecule has 0 spiro atoms. The highest BCUT2D eigenvalue weighted by Gasteiger charge is 2.39. The van der Waals surface area contributed by atoms with Gasteiger partial charge in [-0.1, -0.05) is 19.9 Å². The first-order valence-electron chi connectivity index (χ1n) is 12.5. The van der Waals surface area contributed by atoms with Crippen molar-refractivity contribution in [3.05, 3.63) is 72.1 Å². The molecule has 0 bridgehead atoms. The molecule has 3 aromatic carbocycles. The number of imide groups is 1. The molecule has 12 heteroatoms. The average Bonchev–Trinajstić information content (AvgIpc) is 3.25. The summed E-state index contributed by atoms with van der Waals surface area (Å²) in [6, 6.07) is 11.8. The molecular weight excluding hydrogens is 541 g/mol. The Morgan fingerprint density at radius 2 is 1.61 bits per heavy atom. The van der Waals surface area contributed by atoms with Crippen molar-refractivity contribution >= 4 is 34.2 Å². The van der Waals surface area contributed by atoms with E-state index in [1.807, 2.05) is 13.8 Å². The SMILES string of the molecule is COc1cc2ncnc(Oc3ccc(N4C(=O)CN(c5cccc(C(F)(F)F)c5)C4=O)cc3C(C)C)c2cc1OC. The molecular formula is C29H25F3N4O5. The summed E-state index contributed by atoms with van der Waals surface area (Å²) in [4.78, 5) is 36.8. The van der Waals surface area contributed by atoms with E-state index in [0.29, 0.717) is 33.7 Å². The number of halogens is 3. The summed E-state index contributed by atoms with van der Waals surface area (Å²) >= 11 is 0. The number of ether oxygens (including phenoxy) is 3. The van der Waals surface area contributed by atoms with Crippen LogP contribution in [-0.2, 0) is 11.0 Å². The van der Waals surface area contributed by atoms with Gasteiger partial charge in [0.25, 0.3) is 5.91 Å². The van der Waals surface area contributed by atoms with Gasteiger partial charge in [-0.05, 0) is 53.9 Å². The molecule has 0 aliphatic carbocycles. The monoisotopic (exact) mass is 566 g/mol. The molecule has 0 radical (unpaired) electrons. The molecule has 1 aliphatic heterocycles. The van der Waals surface area contributed by atoms with Crippen LogP contribution in [0.2, 0.25) is 0 Å². The van der Waals surface area contributed by atoms with E-state index >= 15 is 0 Å². The standard InChI is InChI=1S/C29H25F3N4O5/c1-16(2)20-11-19(36-26(37)14-35(28(36)38)18-7-5-6-17(10-18)29(30,31)32)8-9-23(20)41-27-21-12-24(39-3)25(40-4)13-22(21)33-15-34-27/h5-13,15-16H,14H2,1-4H3. The number of carbonyl (C=O) groups is 2. The number of urea groups is 1. The van der Waals surface area contributed by atoms with E-state index < -0.39 is 30.2 Å². The summed E-state index contributed by atoms with van der Waals surface area (Å²) in [6.07, 6.45) is -3.23. The second kappa shape index (κ2) is 10.6. The first-order valence-corrected chi connectivity index (χ1v) is 12.5. The number of anilines is 2. The van der Waals surface area contributed by atoms with Gasteiger partial charge in [0.1, 0.15) is 18.6 Å². The van der Waals surface area contributed by atoms with E-state index in [4.69, 9.17) is 14.2 Å². The van der Waals surface area contributed by atoms with Gasteiger partial charge in [0.2, 0.25) is 5.88 Å². The number of rotatable bonds is 7. The van der Waals surface area contributed by atoms with Crippen molar-refractivity contribution < 1.29 is 37.0 Å². The summed E-state index contributed by atoms with van der Waals surface area (Å²) in [5.41, 5.74) is 0.577. The van der Waals surface area contributed by atoms with E-state index in [-0.39, 0.29) is 23.2 Å². The number of benzene rings is 3. The molecule has 4 aromatic rings. The second-order valence-corrected chi connectivity index (χ2v) is 9.53. The van der Waals surface area contributed by atoms with Gasteiger partial charge in [0.15, 0.2) is 11.5 Å². The first-order chi connectivity index (χ1) is 19.5. The molecule has 0 saturated carbocycles. The van der Waals surface area contributed by atoms with Gasteiger partial charge in [-0.15, -0.1) is 0 Å². The second-order valence-electron chi connectivity index (χ2n) is 9.53. The number of alkyl halides is 3. The summed E-state index contributed by atoms with van der Waals surface area (Å²) < 4.78 is 56.7. The Hall–Kier alpha value is -4.87. The van der Waals surface area contributed by atoms with E-state index in [2.05, 4.69) is 9.97 Å². The number of amides is 3. The Morgan fingerprint density at radius 3 is 2.29 bits per heavy atom. The fraction of sp³-hybridized carbons (Fsp3) is 0.241. The number of methoxy groups -OCH3 is 2. The Labute approximate surface area is 233 Å². The Balaban J connectivity index is 1.48. The van der Waals surface area contributed by atoms with Crippen LogP contribution in [-0.4, -0.2) is 42.7 Å². The Bertz CT molecular complexity index is 1660. The lowest BCUT2D eigenvalue weighted by molar-refractivity contribution is -0.137. The molecule has 3 amide bonds. The number of aromatic nitrogens is 2. The fourth-order valence-electron chi connectivity index (χ4n) is 4.57. The molecule has 212 valence electrons. The van der Waals surface area contributed by atoms with Gasteiger partial charge in [0.05, 0.1) is 36.4 Å². The maximum absolute atomic E-state index is 13.3. The number of nitrogens with zero attached hydrogens (tertiary/aromatic N) is 4. The van der Waals surface area contributed by atoms with E-state index in [9.17, 15) is 22.8 Å². The van der Waals surface area contributed by atoms with Gasteiger partial charge < -0.3 is 14.2 Å². The molecule has 1 aliphatic rings. The number of hydrogen-bond acceptors (Lipinski definition) is 7. The third kappa shape index (κ3) is 5.20. The highest BCUT2D eigenvalue weighted by molar-refractivity contribution is 6.27. The van der Waals surface area contributed by atoms with Gasteiger partial charge in [0, 0.05) is 11.8 Å².